The number of rotatable bonds is 4. The molecule has 0 atom stereocenters. The minimum absolute atomic E-state index is 1.28. The summed E-state index contributed by atoms with van der Waals surface area (Å²) in [4.78, 5) is 2.56. The van der Waals surface area contributed by atoms with Crippen LogP contribution in [0, 0.1) is 13.8 Å². The Morgan fingerprint density at radius 3 is 1.28 bits per heavy atom. The largest absolute Gasteiger partial charge is 0.0975 e. The highest BCUT2D eigenvalue weighted by molar-refractivity contribution is 8.05. The SMILES string of the molecule is Cc1ccc(S/C=C/Sc2ccc(C)cc2)cc1. The van der Waals surface area contributed by atoms with Gasteiger partial charge in [0.2, 0.25) is 0 Å². The molecular weight excluding hydrogens is 256 g/mol. The molecule has 18 heavy (non-hydrogen) atoms. The maximum absolute atomic E-state index is 2.15. The zero-order valence-electron chi connectivity index (χ0n) is 10.6. The molecule has 2 rings (SSSR count). The summed E-state index contributed by atoms with van der Waals surface area (Å²) in [7, 11) is 0. The molecule has 0 amide bonds. The molecule has 2 heteroatoms. The molecule has 0 aromatic heterocycles. The van der Waals surface area contributed by atoms with Gasteiger partial charge < -0.3 is 0 Å². The van der Waals surface area contributed by atoms with E-state index in [1.165, 1.54) is 20.9 Å². The normalized spacial score (nSPS) is 11.0. The van der Waals surface area contributed by atoms with Crippen LogP contribution in [0.2, 0.25) is 0 Å². The van der Waals surface area contributed by atoms with E-state index in [4.69, 9.17) is 0 Å². The zero-order valence-corrected chi connectivity index (χ0v) is 12.2. The summed E-state index contributed by atoms with van der Waals surface area (Å²) >= 11 is 3.50. The standard InChI is InChI=1S/C16H16S2/c1-13-3-7-15(8-4-13)17-11-12-18-16-9-5-14(2)6-10-16/h3-12H,1-2H3/b12-11+. The van der Waals surface area contributed by atoms with E-state index >= 15 is 0 Å². The lowest BCUT2D eigenvalue weighted by molar-refractivity contribution is 1.38. The first-order chi connectivity index (χ1) is 8.74. The topological polar surface area (TPSA) is 0 Å². The molecule has 0 fully saturated rings. The van der Waals surface area contributed by atoms with Gasteiger partial charge in [-0.2, -0.15) is 0 Å². The van der Waals surface area contributed by atoms with Crippen LogP contribution in [0.25, 0.3) is 0 Å². The fraction of sp³-hybridized carbons (Fsp3) is 0.125. The first kappa shape index (κ1) is 13.3. The third-order valence-corrected chi connectivity index (χ3v) is 4.31. The molecule has 0 aliphatic heterocycles. The maximum Gasteiger partial charge on any atom is 0.0116 e. The van der Waals surface area contributed by atoms with E-state index in [2.05, 4.69) is 73.2 Å². The van der Waals surface area contributed by atoms with Gasteiger partial charge in [-0.25, -0.2) is 0 Å². The lowest BCUT2D eigenvalue weighted by Crippen LogP contribution is -1.71. The van der Waals surface area contributed by atoms with Crippen LogP contribution in [0.1, 0.15) is 11.1 Å². The maximum atomic E-state index is 2.15. The van der Waals surface area contributed by atoms with E-state index in [1.54, 1.807) is 23.5 Å². The van der Waals surface area contributed by atoms with E-state index in [0.29, 0.717) is 0 Å². The Hall–Kier alpha value is -1.12. The van der Waals surface area contributed by atoms with Gasteiger partial charge in [0.1, 0.15) is 0 Å². The molecule has 0 heterocycles. The van der Waals surface area contributed by atoms with Crippen LogP contribution in [0.15, 0.2) is 69.1 Å². The number of thioether (sulfide) groups is 2. The Bertz CT molecular complexity index is 460. The minimum atomic E-state index is 1.28. The van der Waals surface area contributed by atoms with Crippen molar-refractivity contribution in [3.8, 4) is 0 Å². The molecule has 92 valence electrons. The summed E-state index contributed by atoms with van der Waals surface area (Å²) in [6.07, 6.45) is 0. The quantitative estimate of drug-likeness (QED) is 0.659. The van der Waals surface area contributed by atoms with Crippen molar-refractivity contribution in [1.82, 2.24) is 0 Å². The second kappa shape index (κ2) is 6.72. The fourth-order valence-corrected chi connectivity index (χ4v) is 2.79. The predicted octanol–water partition coefficient (Wildman–Crippen LogP) is 5.66. The summed E-state index contributed by atoms with van der Waals surface area (Å²) in [5, 5.41) is 4.27. The van der Waals surface area contributed by atoms with Crippen LogP contribution in [-0.2, 0) is 0 Å². The Morgan fingerprint density at radius 2 is 0.944 bits per heavy atom. The molecule has 0 saturated heterocycles. The Morgan fingerprint density at radius 1 is 0.611 bits per heavy atom. The number of aryl methyl sites for hydroxylation is 2. The second-order valence-electron chi connectivity index (χ2n) is 4.13. The average Bonchev–Trinajstić information content (AvgIpc) is 2.39. The first-order valence-corrected chi connectivity index (χ1v) is 7.62. The van der Waals surface area contributed by atoms with Gasteiger partial charge >= 0.3 is 0 Å². The van der Waals surface area contributed by atoms with Crippen LogP contribution in [0.3, 0.4) is 0 Å². The fourth-order valence-electron chi connectivity index (χ4n) is 1.45. The smallest absolute Gasteiger partial charge is 0.0116 e. The molecule has 0 aliphatic carbocycles. The van der Waals surface area contributed by atoms with E-state index < -0.39 is 0 Å². The molecule has 0 unspecified atom stereocenters. The van der Waals surface area contributed by atoms with Crippen molar-refractivity contribution in [3.05, 3.63) is 70.5 Å². The van der Waals surface area contributed by atoms with Gasteiger partial charge in [-0.1, -0.05) is 58.9 Å². The number of benzene rings is 2. The van der Waals surface area contributed by atoms with Crippen molar-refractivity contribution in [2.75, 3.05) is 0 Å². The molecule has 0 N–H and O–H groups in total. The van der Waals surface area contributed by atoms with Gasteiger partial charge in [-0.15, -0.1) is 0 Å². The molecule has 2 aromatic carbocycles. The van der Waals surface area contributed by atoms with E-state index in [9.17, 15) is 0 Å². The molecular formula is C16H16S2. The van der Waals surface area contributed by atoms with Crippen molar-refractivity contribution in [1.29, 1.82) is 0 Å². The number of hydrogen-bond acceptors (Lipinski definition) is 2. The lowest BCUT2D eigenvalue weighted by Gasteiger charge is -1.98. The zero-order chi connectivity index (χ0) is 12.8. The Labute approximate surface area is 118 Å². The third-order valence-electron chi connectivity index (χ3n) is 2.51. The molecule has 0 radical (unpaired) electrons. The molecule has 0 bridgehead atoms. The molecule has 0 spiro atoms. The van der Waals surface area contributed by atoms with Gasteiger partial charge in [0.15, 0.2) is 0 Å². The first-order valence-electron chi connectivity index (χ1n) is 5.86. The second-order valence-corrected chi connectivity index (χ2v) is 6.09. The highest BCUT2D eigenvalue weighted by atomic mass is 32.2. The third kappa shape index (κ3) is 4.28. The summed E-state index contributed by atoms with van der Waals surface area (Å²) < 4.78 is 0. The van der Waals surface area contributed by atoms with Crippen LogP contribution in [0.5, 0.6) is 0 Å². The van der Waals surface area contributed by atoms with Crippen molar-refractivity contribution in [3.63, 3.8) is 0 Å². The van der Waals surface area contributed by atoms with Crippen molar-refractivity contribution in [2.45, 2.75) is 23.6 Å². The predicted molar refractivity (Wildman–Crippen MR) is 83.2 cm³/mol. The summed E-state index contributed by atoms with van der Waals surface area (Å²) in [6, 6.07) is 17.2. The summed E-state index contributed by atoms with van der Waals surface area (Å²) in [5.74, 6) is 0. The highest BCUT2D eigenvalue weighted by Gasteiger charge is 1.91. The van der Waals surface area contributed by atoms with E-state index in [0.717, 1.165) is 0 Å². The van der Waals surface area contributed by atoms with E-state index in [1.807, 2.05) is 0 Å². The van der Waals surface area contributed by atoms with Gasteiger partial charge in [-0.05, 0) is 48.9 Å². The summed E-state index contributed by atoms with van der Waals surface area (Å²) in [6.45, 7) is 4.22. The summed E-state index contributed by atoms with van der Waals surface area (Å²) in [5.41, 5.74) is 2.61. The minimum Gasteiger partial charge on any atom is -0.0975 e. The average molecular weight is 272 g/mol. The van der Waals surface area contributed by atoms with E-state index in [-0.39, 0.29) is 0 Å². The van der Waals surface area contributed by atoms with Gasteiger partial charge in [0, 0.05) is 9.79 Å². The van der Waals surface area contributed by atoms with Crippen LogP contribution in [0.4, 0.5) is 0 Å². The van der Waals surface area contributed by atoms with Crippen LogP contribution < -0.4 is 0 Å². The number of hydrogen-bond donors (Lipinski definition) is 0. The molecule has 2 aromatic rings. The monoisotopic (exact) mass is 272 g/mol. The molecule has 0 nitrogen and oxygen atoms in total. The lowest BCUT2D eigenvalue weighted by atomic mass is 10.2. The van der Waals surface area contributed by atoms with Crippen molar-refractivity contribution < 1.29 is 0 Å². The van der Waals surface area contributed by atoms with Gasteiger partial charge in [0.25, 0.3) is 0 Å². The van der Waals surface area contributed by atoms with Crippen molar-refractivity contribution in [2.24, 2.45) is 0 Å². The molecule has 0 aliphatic rings. The molecule has 0 saturated carbocycles. The Balaban J connectivity index is 1.85. The van der Waals surface area contributed by atoms with Gasteiger partial charge in [0.05, 0.1) is 0 Å². The van der Waals surface area contributed by atoms with Crippen LogP contribution in [-0.4, -0.2) is 0 Å². The highest BCUT2D eigenvalue weighted by Crippen LogP contribution is 2.24. The Kier molecular flexibility index (Phi) is 4.97. The van der Waals surface area contributed by atoms with Gasteiger partial charge in [-0.3, -0.25) is 0 Å². The van der Waals surface area contributed by atoms with Crippen molar-refractivity contribution >= 4 is 23.5 Å². The van der Waals surface area contributed by atoms with Crippen LogP contribution >= 0.6 is 23.5 Å².